The highest BCUT2D eigenvalue weighted by Gasteiger charge is 2.31. The van der Waals surface area contributed by atoms with Crippen LogP contribution in [0.4, 0.5) is 13.2 Å². The summed E-state index contributed by atoms with van der Waals surface area (Å²) in [6.45, 7) is 3.05. The molecular weight excluding hydrogens is 279 g/mol. The largest absolute Gasteiger partial charge is 0.416 e. The molecule has 1 aliphatic heterocycles. The molecule has 2 rings (SSSR count). The van der Waals surface area contributed by atoms with Crippen LogP contribution >= 0.6 is 0 Å². The van der Waals surface area contributed by atoms with Crippen LogP contribution in [0, 0.1) is 0 Å². The summed E-state index contributed by atoms with van der Waals surface area (Å²) in [5, 5.41) is 9.44. The van der Waals surface area contributed by atoms with Crippen molar-refractivity contribution in [1.82, 2.24) is 4.90 Å². The van der Waals surface area contributed by atoms with Gasteiger partial charge in [-0.1, -0.05) is 24.6 Å². The summed E-state index contributed by atoms with van der Waals surface area (Å²) in [7, 11) is 0. The lowest BCUT2D eigenvalue weighted by atomic mass is 9.97. The standard InChI is InChI=1S/C16H22F3NO/c1-12(20-8-3-2-7-15(20)11-21)9-13-5-4-6-14(10-13)16(17,18)19/h4-6,10,12,15,21H,2-3,7-9,11H2,1H3/t12-,15+/m1/s1. The van der Waals surface area contributed by atoms with E-state index in [-0.39, 0.29) is 18.7 Å². The Morgan fingerprint density at radius 3 is 2.76 bits per heavy atom. The molecule has 0 aromatic heterocycles. The molecule has 0 amide bonds. The average molecular weight is 301 g/mol. The quantitative estimate of drug-likeness (QED) is 0.920. The molecule has 0 unspecified atom stereocenters. The van der Waals surface area contributed by atoms with Gasteiger partial charge in [0.05, 0.1) is 12.2 Å². The van der Waals surface area contributed by atoms with Crippen molar-refractivity contribution < 1.29 is 18.3 Å². The van der Waals surface area contributed by atoms with E-state index in [1.807, 2.05) is 6.92 Å². The van der Waals surface area contributed by atoms with Crippen LogP contribution in [0.3, 0.4) is 0 Å². The number of piperidine rings is 1. The second-order valence-electron chi connectivity index (χ2n) is 5.82. The van der Waals surface area contributed by atoms with E-state index in [9.17, 15) is 18.3 Å². The summed E-state index contributed by atoms with van der Waals surface area (Å²) in [5.74, 6) is 0. The van der Waals surface area contributed by atoms with Gasteiger partial charge in [0.1, 0.15) is 0 Å². The molecular formula is C16H22F3NO. The number of benzene rings is 1. The Morgan fingerprint density at radius 1 is 1.33 bits per heavy atom. The maximum Gasteiger partial charge on any atom is 0.416 e. The van der Waals surface area contributed by atoms with E-state index in [2.05, 4.69) is 4.90 Å². The Kier molecular flexibility index (Phi) is 5.27. The first-order chi connectivity index (χ1) is 9.91. The predicted octanol–water partition coefficient (Wildman–Crippen LogP) is 3.48. The molecule has 1 N–H and O–H groups in total. The van der Waals surface area contributed by atoms with Crippen LogP contribution in [0.2, 0.25) is 0 Å². The second kappa shape index (κ2) is 6.79. The van der Waals surface area contributed by atoms with Crippen molar-refractivity contribution in [3.05, 3.63) is 35.4 Å². The van der Waals surface area contributed by atoms with E-state index in [1.54, 1.807) is 6.07 Å². The molecule has 1 fully saturated rings. The predicted molar refractivity (Wildman–Crippen MR) is 76.0 cm³/mol. The molecule has 0 bridgehead atoms. The van der Waals surface area contributed by atoms with Gasteiger partial charge >= 0.3 is 6.18 Å². The van der Waals surface area contributed by atoms with Gasteiger partial charge in [-0.05, 0) is 44.4 Å². The molecule has 2 atom stereocenters. The topological polar surface area (TPSA) is 23.5 Å². The van der Waals surface area contributed by atoms with Crippen LogP contribution < -0.4 is 0 Å². The number of aliphatic hydroxyl groups excluding tert-OH is 1. The van der Waals surface area contributed by atoms with Crippen molar-refractivity contribution in [2.75, 3.05) is 13.2 Å². The second-order valence-corrected chi connectivity index (χ2v) is 5.82. The van der Waals surface area contributed by atoms with E-state index in [4.69, 9.17) is 0 Å². The first-order valence-electron chi connectivity index (χ1n) is 7.44. The summed E-state index contributed by atoms with van der Waals surface area (Å²) in [4.78, 5) is 2.23. The Balaban J connectivity index is 2.06. The third-order valence-corrected chi connectivity index (χ3v) is 4.24. The van der Waals surface area contributed by atoms with Gasteiger partial charge in [-0.25, -0.2) is 0 Å². The van der Waals surface area contributed by atoms with Crippen molar-refractivity contribution in [2.24, 2.45) is 0 Å². The SMILES string of the molecule is C[C@H](Cc1cccc(C(F)(F)F)c1)N1CCCC[C@H]1CO. The van der Waals surface area contributed by atoms with Gasteiger partial charge in [-0.15, -0.1) is 0 Å². The lowest BCUT2D eigenvalue weighted by molar-refractivity contribution is -0.137. The zero-order chi connectivity index (χ0) is 15.5. The zero-order valence-electron chi connectivity index (χ0n) is 12.2. The minimum atomic E-state index is -4.29. The molecule has 1 heterocycles. The highest BCUT2D eigenvalue weighted by molar-refractivity contribution is 5.26. The highest BCUT2D eigenvalue weighted by Crippen LogP contribution is 2.30. The minimum absolute atomic E-state index is 0.118. The highest BCUT2D eigenvalue weighted by atomic mass is 19.4. The first-order valence-corrected chi connectivity index (χ1v) is 7.44. The maximum atomic E-state index is 12.7. The Morgan fingerprint density at radius 2 is 2.10 bits per heavy atom. The van der Waals surface area contributed by atoms with E-state index in [0.29, 0.717) is 12.0 Å². The Hall–Kier alpha value is -1.07. The van der Waals surface area contributed by atoms with Gasteiger partial charge < -0.3 is 5.11 Å². The normalized spacial score (nSPS) is 22.2. The molecule has 0 spiro atoms. The zero-order valence-corrected chi connectivity index (χ0v) is 12.2. The number of hydrogen-bond donors (Lipinski definition) is 1. The molecule has 0 saturated carbocycles. The van der Waals surface area contributed by atoms with E-state index in [1.165, 1.54) is 12.1 Å². The molecule has 0 radical (unpaired) electrons. The number of alkyl halides is 3. The summed E-state index contributed by atoms with van der Waals surface area (Å²) in [6, 6.07) is 5.80. The van der Waals surface area contributed by atoms with Crippen LogP contribution in [0.15, 0.2) is 24.3 Å². The molecule has 5 heteroatoms. The maximum absolute atomic E-state index is 12.7. The molecule has 1 aromatic carbocycles. The van der Waals surface area contributed by atoms with Crippen molar-refractivity contribution in [1.29, 1.82) is 0 Å². The van der Waals surface area contributed by atoms with E-state index in [0.717, 1.165) is 31.9 Å². The Bertz CT molecular complexity index is 461. The van der Waals surface area contributed by atoms with Gasteiger partial charge in [-0.2, -0.15) is 13.2 Å². The van der Waals surface area contributed by atoms with Gasteiger partial charge in [0, 0.05) is 12.1 Å². The van der Waals surface area contributed by atoms with Crippen molar-refractivity contribution in [2.45, 2.75) is 50.9 Å². The summed E-state index contributed by atoms with van der Waals surface area (Å²) in [6.07, 6.45) is -0.566. The number of halogens is 3. The molecule has 1 aromatic rings. The number of likely N-dealkylation sites (tertiary alicyclic amines) is 1. The van der Waals surface area contributed by atoms with Crippen LogP contribution in [-0.4, -0.2) is 35.2 Å². The average Bonchev–Trinajstić information content (AvgIpc) is 2.46. The fourth-order valence-electron chi connectivity index (χ4n) is 3.13. The van der Waals surface area contributed by atoms with Crippen LogP contribution in [0.5, 0.6) is 0 Å². The van der Waals surface area contributed by atoms with Crippen LogP contribution in [0.1, 0.15) is 37.3 Å². The van der Waals surface area contributed by atoms with Crippen molar-refractivity contribution in [3.63, 3.8) is 0 Å². The van der Waals surface area contributed by atoms with Gasteiger partial charge in [0.25, 0.3) is 0 Å². The fraction of sp³-hybridized carbons (Fsp3) is 0.625. The summed E-state index contributed by atoms with van der Waals surface area (Å²) in [5.41, 5.74) is 0.101. The number of aliphatic hydroxyl groups is 1. The van der Waals surface area contributed by atoms with Crippen molar-refractivity contribution >= 4 is 0 Å². The molecule has 1 aliphatic rings. The molecule has 0 aliphatic carbocycles. The van der Waals surface area contributed by atoms with Crippen LogP contribution in [0.25, 0.3) is 0 Å². The third-order valence-electron chi connectivity index (χ3n) is 4.24. The number of hydrogen-bond acceptors (Lipinski definition) is 2. The van der Waals surface area contributed by atoms with Crippen molar-refractivity contribution in [3.8, 4) is 0 Å². The first kappa shape index (κ1) is 16.3. The van der Waals surface area contributed by atoms with Crippen LogP contribution in [-0.2, 0) is 12.6 Å². The third kappa shape index (κ3) is 4.20. The smallest absolute Gasteiger partial charge is 0.395 e. The summed E-state index contributed by atoms with van der Waals surface area (Å²) >= 11 is 0. The molecule has 2 nitrogen and oxygen atoms in total. The summed E-state index contributed by atoms with van der Waals surface area (Å²) < 4.78 is 38.2. The lowest BCUT2D eigenvalue weighted by Gasteiger charge is -2.39. The fourth-order valence-corrected chi connectivity index (χ4v) is 3.13. The molecule has 118 valence electrons. The number of rotatable bonds is 4. The van der Waals surface area contributed by atoms with E-state index >= 15 is 0 Å². The number of nitrogens with zero attached hydrogens (tertiary/aromatic N) is 1. The van der Waals surface area contributed by atoms with E-state index < -0.39 is 11.7 Å². The Labute approximate surface area is 123 Å². The molecule has 21 heavy (non-hydrogen) atoms. The lowest BCUT2D eigenvalue weighted by Crippen LogP contribution is -2.47. The molecule has 1 saturated heterocycles. The van der Waals surface area contributed by atoms with Gasteiger partial charge in [-0.3, -0.25) is 4.90 Å². The monoisotopic (exact) mass is 301 g/mol. The van der Waals surface area contributed by atoms with Gasteiger partial charge in [0.15, 0.2) is 0 Å². The minimum Gasteiger partial charge on any atom is -0.395 e. The van der Waals surface area contributed by atoms with Gasteiger partial charge in [0.2, 0.25) is 0 Å².